The van der Waals surface area contributed by atoms with Crippen molar-refractivity contribution in [3.63, 3.8) is 0 Å². The molecule has 1 N–H and O–H groups in total. The second kappa shape index (κ2) is 8.64. The van der Waals surface area contributed by atoms with E-state index in [1.807, 2.05) is 0 Å². The Morgan fingerprint density at radius 2 is 1.76 bits per heavy atom. The summed E-state index contributed by atoms with van der Waals surface area (Å²) in [5, 5.41) is 6.80. The van der Waals surface area contributed by atoms with E-state index in [-0.39, 0.29) is 25.1 Å². The molecule has 0 bridgehead atoms. The third-order valence-corrected chi connectivity index (χ3v) is 4.76. The molecule has 1 amide bonds. The van der Waals surface area contributed by atoms with Crippen molar-refractivity contribution in [3.8, 4) is 5.75 Å². The maximum atomic E-state index is 13.6. The van der Waals surface area contributed by atoms with Gasteiger partial charge in [0.1, 0.15) is 6.61 Å². The van der Waals surface area contributed by atoms with E-state index in [9.17, 15) is 22.4 Å². The number of ether oxygens (including phenoxy) is 1. The zero-order valence-electron chi connectivity index (χ0n) is 15.0. The average Bonchev–Trinajstić information content (AvgIpc) is 3.02. The molecule has 0 fully saturated rings. The standard InChI is InChI=1S/C19H14BrF4N3O2/c1-27-15(12(20)7-26-27)8-25-19(28)11-4-2-10(3-5-11)9-29-18-16(23)13(21)6-14(22)17(18)24/h2-7H,8-9H2,1H3,(H,25,28). The van der Waals surface area contributed by atoms with Crippen LogP contribution in [0.4, 0.5) is 17.6 Å². The molecule has 1 heterocycles. The molecule has 0 unspecified atom stereocenters. The molecule has 0 aliphatic heterocycles. The number of hydrogen-bond donors (Lipinski definition) is 1. The molecule has 3 aromatic rings. The predicted octanol–water partition coefficient (Wildman–Crippen LogP) is 4.25. The smallest absolute Gasteiger partial charge is 0.251 e. The maximum absolute atomic E-state index is 13.6. The maximum Gasteiger partial charge on any atom is 0.251 e. The highest BCUT2D eigenvalue weighted by atomic mass is 79.9. The summed E-state index contributed by atoms with van der Waals surface area (Å²) < 4.78 is 60.9. The molecule has 2 aromatic carbocycles. The Morgan fingerprint density at radius 1 is 1.14 bits per heavy atom. The van der Waals surface area contributed by atoms with Crippen molar-refractivity contribution in [1.29, 1.82) is 0 Å². The molecule has 3 rings (SSSR count). The first-order chi connectivity index (χ1) is 13.8. The van der Waals surface area contributed by atoms with Gasteiger partial charge in [-0.15, -0.1) is 0 Å². The number of aryl methyl sites for hydroxylation is 1. The molecule has 10 heteroatoms. The van der Waals surface area contributed by atoms with Crippen LogP contribution in [-0.2, 0) is 20.2 Å². The summed E-state index contributed by atoms with van der Waals surface area (Å²) in [6.45, 7) is -0.0922. The molecule has 152 valence electrons. The largest absolute Gasteiger partial charge is 0.483 e. The van der Waals surface area contributed by atoms with Gasteiger partial charge in [0.05, 0.1) is 22.9 Å². The SMILES string of the molecule is Cn1ncc(Br)c1CNC(=O)c1ccc(COc2c(F)c(F)cc(F)c2F)cc1. The number of amides is 1. The number of benzene rings is 2. The van der Waals surface area contributed by atoms with Gasteiger partial charge >= 0.3 is 0 Å². The van der Waals surface area contributed by atoms with E-state index in [4.69, 9.17) is 4.74 Å². The van der Waals surface area contributed by atoms with Gasteiger partial charge < -0.3 is 10.1 Å². The van der Waals surface area contributed by atoms with Crippen LogP contribution in [-0.4, -0.2) is 15.7 Å². The van der Waals surface area contributed by atoms with Crippen LogP contribution in [0.3, 0.4) is 0 Å². The zero-order chi connectivity index (χ0) is 21.1. The third kappa shape index (κ3) is 4.58. The molecule has 0 aliphatic rings. The first-order valence-electron chi connectivity index (χ1n) is 8.27. The van der Waals surface area contributed by atoms with Crippen LogP contribution in [0.25, 0.3) is 0 Å². The van der Waals surface area contributed by atoms with E-state index in [2.05, 4.69) is 26.3 Å². The minimum Gasteiger partial charge on any atom is -0.483 e. The lowest BCUT2D eigenvalue weighted by Gasteiger charge is -2.10. The van der Waals surface area contributed by atoms with Gasteiger partial charge in [-0.2, -0.15) is 13.9 Å². The lowest BCUT2D eigenvalue weighted by Crippen LogP contribution is -2.24. The molecular weight excluding hydrogens is 458 g/mol. The van der Waals surface area contributed by atoms with Crippen LogP contribution in [0.2, 0.25) is 0 Å². The van der Waals surface area contributed by atoms with Crippen LogP contribution >= 0.6 is 15.9 Å². The van der Waals surface area contributed by atoms with Crippen LogP contribution in [0.15, 0.2) is 41.0 Å². The number of aromatic nitrogens is 2. The normalized spacial score (nSPS) is 10.8. The lowest BCUT2D eigenvalue weighted by molar-refractivity contribution is 0.0950. The molecular formula is C19H14BrF4N3O2. The molecule has 29 heavy (non-hydrogen) atoms. The summed E-state index contributed by atoms with van der Waals surface area (Å²) in [4.78, 5) is 12.2. The van der Waals surface area contributed by atoms with Gasteiger partial charge in [-0.1, -0.05) is 12.1 Å². The van der Waals surface area contributed by atoms with Gasteiger partial charge in [0.15, 0.2) is 17.4 Å². The van der Waals surface area contributed by atoms with E-state index in [1.165, 1.54) is 24.3 Å². The van der Waals surface area contributed by atoms with Crippen LogP contribution in [0.5, 0.6) is 5.75 Å². The highest BCUT2D eigenvalue weighted by molar-refractivity contribution is 9.10. The number of nitrogens with one attached hydrogen (secondary N) is 1. The van der Waals surface area contributed by atoms with Crippen molar-refractivity contribution in [1.82, 2.24) is 15.1 Å². The first kappa shape index (κ1) is 20.8. The van der Waals surface area contributed by atoms with E-state index in [0.29, 0.717) is 11.1 Å². The van der Waals surface area contributed by atoms with E-state index < -0.39 is 29.0 Å². The summed E-state index contributed by atoms with van der Waals surface area (Å²) >= 11 is 3.34. The Morgan fingerprint density at radius 3 is 2.31 bits per heavy atom. The summed E-state index contributed by atoms with van der Waals surface area (Å²) in [5.74, 6) is -7.79. The second-order valence-corrected chi connectivity index (χ2v) is 6.88. The zero-order valence-corrected chi connectivity index (χ0v) is 16.6. The topological polar surface area (TPSA) is 56.2 Å². The van der Waals surface area contributed by atoms with Gasteiger partial charge in [-0.05, 0) is 33.6 Å². The monoisotopic (exact) mass is 471 g/mol. The van der Waals surface area contributed by atoms with E-state index in [0.717, 1.165) is 10.2 Å². The fraction of sp³-hybridized carbons (Fsp3) is 0.158. The van der Waals surface area contributed by atoms with E-state index >= 15 is 0 Å². The molecule has 5 nitrogen and oxygen atoms in total. The molecule has 0 spiro atoms. The van der Waals surface area contributed by atoms with Crippen molar-refractivity contribution < 1.29 is 27.1 Å². The Balaban J connectivity index is 1.63. The second-order valence-electron chi connectivity index (χ2n) is 6.03. The Bertz CT molecular complexity index is 1010. The quantitative estimate of drug-likeness (QED) is 0.431. The van der Waals surface area contributed by atoms with Gasteiger partial charge in [-0.3, -0.25) is 9.48 Å². The Hall–Kier alpha value is -2.88. The number of halogens is 5. The number of rotatable bonds is 6. The van der Waals surface area contributed by atoms with Gasteiger partial charge in [0, 0.05) is 18.7 Å². The summed E-state index contributed by atoms with van der Waals surface area (Å²) in [6, 6.07) is 6.09. The van der Waals surface area contributed by atoms with Crippen LogP contribution in [0, 0.1) is 23.3 Å². The van der Waals surface area contributed by atoms with Crippen LogP contribution in [0.1, 0.15) is 21.6 Å². The molecule has 1 aromatic heterocycles. The molecule has 0 saturated carbocycles. The summed E-state index contributed by atoms with van der Waals surface area (Å²) in [6.07, 6.45) is 1.62. The number of carbonyl (C=O) groups excluding carboxylic acids is 1. The molecule has 0 atom stereocenters. The fourth-order valence-electron chi connectivity index (χ4n) is 2.49. The van der Waals surface area contributed by atoms with Crippen LogP contribution < -0.4 is 10.1 Å². The molecule has 0 saturated heterocycles. The summed E-state index contributed by atoms with van der Waals surface area (Å²) in [7, 11) is 1.75. The van der Waals surface area contributed by atoms with Gasteiger partial charge in [0.2, 0.25) is 11.6 Å². The van der Waals surface area contributed by atoms with Crippen molar-refractivity contribution in [2.75, 3.05) is 0 Å². The fourth-order valence-corrected chi connectivity index (χ4v) is 2.98. The number of hydrogen-bond acceptors (Lipinski definition) is 3. The van der Waals surface area contributed by atoms with E-state index in [1.54, 1.807) is 17.9 Å². The van der Waals surface area contributed by atoms with Gasteiger partial charge in [-0.25, -0.2) is 8.78 Å². The lowest BCUT2D eigenvalue weighted by atomic mass is 10.1. The number of nitrogens with zero attached hydrogens (tertiary/aromatic N) is 2. The minimum absolute atomic E-state index is 0.106. The molecule has 0 radical (unpaired) electrons. The highest BCUT2D eigenvalue weighted by Gasteiger charge is 2.20. The minimum atomic E-state index is -1.61. The van der Waals surface area contributed by atoms with Crippen molar-refractivity contribution in [2.24, 2.45) is 7.05 Å². The highest BCUT2D eigenvalue weighted by Crippen LogP contribution is 2.27. The Labute approximate surface area is 171 Å². The Kier molecular flexibility index (Phi) is 6.21. The molecule has 0 aliphatic carbocycles. The average molecular weight is 472 g/mol. The predicted molar refractivity (Wildman–Crippen MR) is 99.1 cm³/mol. The first-order valence-corrected chi connectivity index (χ1v) is 9.06. The van der Waals surface area contributed by atoms with Crippen molar-refractivity contribution >= 4 is 21.8 Å². The summed E-state index contributed by atoms with van der Waals surface area (Å²) in [5.41, 5.74) is 1.58. The van der Waals surface area contributed by atoms with Crippen molar-refractivity contribution in [3.05, 3.63) is 81.1 Å². The third-order valence-electron chi connectivity index (χ3n) is 4.10. The van der Waals surface area contributed by atoms with Crippen molar-refractivity contribution in [2.45, 2.75) is 13.2 Å². The van der Waals surface area contributed by atoms with Gasteiger partial charge in [0.25, 0.3) is 5.91 Å². The number of carbonyl (C=O) groups is 1.